The molecule has 0 aliphatic rings. The van der Waals surface area contributed by atoms with Crippen molar-refractivity contribution < 1.29 is 13.9 Å². The molecule has 0 saturated heterocycles. The van der Waals surface area contributed by atoms with Gasteiger partial charge in [-0.3, -0.25) is 0 Å². The summed E-state index contributed by atoms with van der Waals surface area (Å²) in [6.07, 6.45) is 4.14. The van der Waals surface area contributed by atoms with Crippen molar-refractivity contribution in [3.8, 4) is 17.6 Å². The van der Waals surface area contributed by atoms with Crippen LogP contribution < -0.4 is 9.47 Å². The van der Waals surface area contributed by atoms with E-state index in [1.807, 2.05) is 60.7 Å². The van der Waals surface area contributed by atoms with Crippen molar-refractivity contribution >= 4 is 33.5 Å². The average Bonchev–Trinajstić information content (AvgIpc) is 3.35. The minimum Gasteiger partial charge on any atom is -0.493 e. The third-order valence-electron chi connectivity index (χ3n) is 5.95. The van der Waals surface area contributed by atoms with Crippen LogP contribution in [-0.2, 0) is 13.0 Å². The number of methoxy groups -OCH3 is 1. The molecule has 0 spiro atoms. The molecule has 5 rings (SSSR count). The Bertz CT molecular complexity index is 1600. The fraction of sp³-hybridized carbons (Fsp3) is 0.0968. The van der Waals surface area contributed by atoms with E-state index in [2.05, 4.69) is 41.9 Å². The van der Waals surface area contributed by atoms with E-state index in [4.69, 9.17) is 13.9 Å². The van der Waals surface area contributed by atoms with Gasteiger partial charge in [-0.1, -0.05) is 60.7 Å². The van der Waals surface area contributed by atoms with Crippen molar-refractivity contribution in [1.29, 1.82) is 5.26 Å². The Morgan fingerprint density at radius 1 is 1.03 bits per heavy atom. The van der Waals surface area contributed by atoms with Crippen LogP contribution in [0.1, 0.15) is 22.6 Å². The molecule has 0 aliphatic carbocycles. The fourth-order valence-corrected chi connectivity index (χ4v) is 4.25. The van der Waals surface area contributed by atoms with Crippen LogP contribution in [0.4, 0.5) is 0 Å². The molecule has 0 fully saturated rings. The minimum atomic E-state index is 0.277. The summed E-state index contributed by atoms with van der Waals surface area (Å²) in [6.45, 7) is 4.29. The first-order valence-corrected chi connectivity index (χ1v) is 11.6. The van der Waals surface area contributed by atoms with Gasteiger partial charge in [-0.05, 0) is 58.7 Å². The van der Waals surface area contributed by atoms with Crippen LogP contribution in [-0.4, -0.2) is 12.1 Å². The number of rotatable bonds is 8. The molecule has 0 radical (unpaired) electrons. The normalized spacial score (nSPS) is 11.4. The summed E-state index contributed by atoms with van der Waals surface area (Å²) >= 11 is 0. The second-order valence-corrected chi connectivity index (χ2v) is 8.29. The van der Waals surface area contributed by atoms with Crippen LogP contribution >= 0.6 is 0 Å². The van der Waals surface area contributed by atoms with Crippen molar-refractivity contribution in [2.75, 3.05) is 7.11 Å². The van der Waals surface area contributed by atoms with Crippen molar-refractivity contribution in [1.82, 2.24) is 4.98 Å². The van der Waals surface area contributed by atoms with Gasteiger partial charge < -0.3 is 13.9 Å². The predicted octanol–water partition coefficient (Wildman–Crippen LogP) is 7.36. The summed E-state index contributed by atoms with van der Waals surface area (Å²) in [5.41, 5.74) is 4.44. The number of oxazole rings is 1. The molecular weight excluding hydrogens is 448 g/mol. The highest BCUT2D eigenvalue weighted by Crippen LogP contribution is 2.36. The molecule has 4 aromatic carbocycles. The molecule has 0 saturated carbocycles. The van der Waals surface area contributed by atoms with Crippen molar-refractivity contribution in [3.05, 3.63) is 114 Å². The fourth-order valence-electron chi connectivity index (χ4n) is 4.25. The van der Waals surface area contributed by atoms with Gasteiger partial charge in [0.2, 0.25) is 5.89 Å². The molecule has 36 heavy (non-hydrogen) atoms. The van der Waals surface area contributed by atoms with Gasteiger partial charge >= 0.3 is 0 Å². The van der Waals surface area contributed by atoms with Gasteiger partial charge in [0.1, 0.15) is 23.8 Å². The lowest BCUT2D eigenvalue weighted by Crippen LogP contribution is -2.02. The number of para-hydroxylation sites is 2. The number of hydrogen-bond acceptors (Lipinski definition) is 5. The maximum absolute atomic E-state index is 9.83. The molecule has 5 aromatic rings. The maximum Gasteiger partial charge on any atom is 0.238 e. The van der Waals surface area contributed by atoms with Gasteiger partial charge in [0.25, 0.3) is 0 Å². The molecule has 1 heterocycles. The minimum absolute atomic E-state index is 0.277. The summed E-state index contributed by atoms with van der Waals surface area (Å²) < 4.78 is 17.8. The van der Waals surface area contributed by atoms with Gasteiger partial charge in [-0.2, -0.15) is 5.26 Å². The first kappa shape index (κ1) is 22.9. The summed E-state index contributed by atoms with van der Waals surface area (Å²) in [7, 11) is 1.61. The number of nitrogens with zero attached hydrogens (tertiary/aromatic N) is 2. The highest BCUT2D eigenvalue weighted by atomic mass is 16.5. The third kappa shape index (κ3) is 4.57. The quantitative estimate of drug-likeness (QED) is 0.174. The molecule has 1 aromatic heterocycles. The van der Waals surface area contributed by atoms with Gasteiger partial charge in [-0.25, -0.2) is 4.98 Å². The summed E-state index contributed by atoms with van der Waals surface area (Å²) in [4.78, 5) is 4.46. The van der Waals surface area contributed by atoms with E-state index in [1.54, 1.807) is 13.2 Å². The molecule has 176 valence electrons. The molecule has 0 unspecified atom stereocenters. The van der Waals surface area contributed by atoms with E-state index in [0.717, 1.165) is 22.1 Å². The van der Waals surface area contributed by atoms with E-state index in [0.29, 0.717) is 41.2 Å². The molecule has 0 atom stereocenters. The molecule has 5 heteroatoms. The van der Waals surface area contributed by atoms with Gasteiger partial charge in [0.05, 0.1) is 7.11 Å². The van der Waals surface area contributed by atoms with E-state index in [1.165, 1.54) is 5.39 Å². The Labute approximate surface area is 209 Å². The molecule has 0 aliphatic heterocycles. The molecule has 0 amide bonds. The number of aromatic nitrogens is 1. The number of benzene rings is 4. The summed E-state index contributed by atoms with van der Waals surface area (Å²) in [5, 5.41) is 12.1. The van der Waals surface area contributed by atoms with Crippen LogP contribution in [0.3, 0.4) is 0 Å². The van der Waals surface area contributed by atoms with Gasteiger partial charge in [0.15, 0.2) is 17.1 Å². The topological polar surface area (TPSA) is 68.3 Å². The van der Waals surface area contributed by atoms with E-state index < -0.39 is 0 Å². The lowest BCUT2D eigenvalue weighted by molar-refractivity contribution is 0.283. The van der Waals surface area contributed by atoms with E-state index in [9.17, 15) is 5.26 Å². The van der Waals surface area contributed by atoms with Crippen LogP contribution in [0.15, 0.2) is 95.9 Å². The van der Waals surface area contributed by atoms with Crippen LogP contribution in [0.5, 0.6) is 11.5 Å². The maximum atomic E-state index is 9.83. The molecule has 0 N–H and O–H groups in total. The van der Waals surface area contributed by atoms with Crippen molar-refractivity contribution in [2.45, 2.75) is 13.0 Å². The van der Waals surface area contributed by atoms with E-state index in [-0.39, 0.29) is 5.89 Å². The Morgan fingerprint density at radius 2 is 1.83 bits per heavy atom. The van der Waals surface area contributed by atoms with Crippen molar-refractivity contribution in [3.63, 3.8) is 0 Å². The first-order chi connectivity index (χ1) is 17.7. The zero-order chi connectivity index (χ0) is 24.9. The number of fused-ring (bicyclic) bond motifs is 2. The average molecular weight is 473 g/mol. The van der Waals surface area contributed by atoms with Gasteiger partial charge in [0, 0.05) is 5.56 Å². The SMILES string of the molecule is C=CCc1cc(/C=C(\C#N)c2nc3ccccc3o2)cc(OC)c1OCc1cccc2ccccc12. The highest BCUT2D eigenvalue weighted by Gasteiger charge is 2.16. The van der Waals surface area contributed by atoms with Crippen LogP contribution in [0.25, 0.3) is 33.5 Å². The zero-order valence-corrected chi connectivity index (χ0v) is 19.9. The predicted molar refractivity (Wildman–Crippen MR) is 143 cm³/mol. The summed E-state index contributed by atoms with van der Waals surface area (Å²) in [5.74, 6) is 1.51. The second kappa shape index (κ2) is 10.2. The second-order valence-electron chi connectivity index (χ2n) is 8.29. The van der Waals surface area contributed by atoms with Crippen molar-refractivity contribution in [2.24, 2.45) is 0 Å². The third-order valence-corrected chi connectivity index (χ3v) is 5.95. The first-order valence-electron chi connectivity index (χ1n) is 11.6. The largest absolute Gasteiger partial charge is 0.493 e. The number of ether oxygens (including phenoxy) is 2. The molecular formula is C31H24N2O3. The monoisotopic (exact) mass is 472 g/mol. The molecule has 5 nitrogen and oxygen atoms in total. The zero-order valence-electron chi connectivity index (χ0n) is 19.9. The standard InChI is InChI=1S/C31H24N2O3/c1-3-9-23-16-21(17-25(19-32)31-33-27-14-6-7-15-28(27)36-31)18-29(34-2)30(23)35-20-24-12-8-11-22-10-4-5-13-26(22)24/h3-8,10-18H,1,9,20H2,2H3/b25-17+. The molecule has 0 bridgehead atoms. The smallest absolute Gasteiger partial charge is 0.238 e. The summed E-state index contributed by atoms with van der Waals surface area (Å²) in [6, 6.07) is 27.9. The van der Waals surface area contributed by atoms with Crippen LogP contribution in [0, 0.1) is 11.3 Å². The Kier molecular flexibility index (Phi) is 6.51. The van der Waals surface area contributed by atoms with Gasteiger partial charge in [-0.15, -0.1) is 6.58 Å². The lowest BCUT2D eigenvalue weighted by Gasteiger charge is -2.17. The number of hydrogen-bond donors (Lipinski definition) is 0. The van der Waals surface area contributed by atoms with E-state index >= 15 is 0 Å². The Hall–Kier alpha value is -4.82. The van der Waals surface area contributed by atoms with Crippen LogP contribution in [0.2, 0.25) is 0 Å². The Morgan fingerprint density at radius 3 is 2.64 bits per heavy atom. The lowest BCUT2D eigenvalue weighted by atomic mass is 10.0. The highest BCUT2D eigenvalue weighted by molar-refractivity contribution is 5.89. The number of nitriles is 1. The number of allylic oxidation sites excluding steroid dienone is 2. The Balaban J connectivity index is 1.50.